The van der Waals surface area contributed by atoms with Crippen molar-refractivity contribution < 1.29 is 22.7 Å². The topological polar surface area (TPSA) is 77.2 Å². The number of rotatable bonds is 1. The van der Waals surface area contributed by atoms with Gasteiger partial charge in [0.25, 0.3) is 0 Å². The van der Waals surface area contributed by atoms with Gasteiger partial charge in [-0.25, -0.2) is 9.78 Å². The molecule has 0 bridgehead atoms. The molecular weight excluding hydrogens is 299 g/mol. The highest BCUT2D eigenvalue weighted by molar-refractivity contribution is 5.68. The van der Waals surface area contributed by atoms with Crippen molar-refractivity contribution in [3.05, 3.63) is 23.4 Å². The van der Waals surface area contributed by atoms with Crippen LogP contribution >= 0.6 is 0 Å². The first kappa shape index (κ1) is 17.6. The van der Waals surface area contributed by atoms with Gasteiger partial charge in [-0.15, -0.1) is 0 Å². The lowest BCUT2D eigenvalue weighted by Crippen LogP contribution is -2.32. The van der Waals surface area contributed by atoms with Gasteiger partial charge in [-0.05, 0) is 32.9 Å². The van der Waals surface area contributed by atoms with E-state index in [0.29, 0.717) is 0 Å². The predicted molar refractivity (Wildman–Crippen MR) is 74.8 cm³/mol. The summed E-state index contributed by atoms with van der Waals surface area (Å²) in [6, 6.07) is 2.35. The molecular formula is C14H16F3N3O2. The van der Waals surface area contributed by atoms with Crippen LogP contribution < -0.4 is 11.1 Å². The van der Waals surface area contributed by atoms with E-state index in [1.807, 2.05) is 0 Å². The van der Waals surface area contributed by atoms with E-state index in [4.69, 9.17) is 10.5 Å². The summed E-state index contributed by atoms with van der Waals surface area (Å²) in [4.78, 5) is 14.6. The van der Waals surface area contributed by atoms with Crippen LogP contribution in [-0.4, -0.2) is 23.2 Å². The molecule has 120 valence electrons. The molecule has 5 nitrogen and oxygen atoms in total. The van der Waals surface area contributed by atoms with Crippen LogP contribution in [0, 0.1) is 11.8 Å². The van der Waals surface area contributed by atoms with Crippen LogP contribution in [-0.2, 0) is 10.9 Å². The van der Waals surface area contributed by atoms with E-state index in [-0.39, 0.29) is 17.9 Å². The van der Waals surface area contributed by atoms with E-state index < -0.39 is 23.6 Å². The van der Waals surface area contributed by atoms with Crippen molar-refractivity contribution in [2.75, 3.05) is 12.3 Å². The van der Waals surface area contributed by atoms with E-state index in [2.05, 4.69) is 22.1 Å². The van der Waals surface area contributed by atoms with Crippen molar-refractivity contribution in [2.45, 2.75) is 32.5 Å². The molecule has 0 aliphatic carbocycles. The highest BCUT2D eigenvalue weighted by Gasteiger charge is 2.35. The van der Waals surface area contributed by atoms with Gasteiger partial charge in [0.2, 0.25) is 0 Å². The van der Waals surface area contributed by atoms with Crippen molar-refractivity contribution in [1.29, 1.82) is 0 Å². The predicted octanol–water partition coefficient (Wildman–Crippen LogP) is 2.56. The Balaban J connectivity index is 2.76. The highest BCUT2D eigenvalue weighted by Crippen LogP contribution is 2.30. The second-order valence-electron chi connectivity index (χ2n) is 5.29. The summed E-state index contributed by atoms with van der Waals surface area (Å²) in [5.74, 6) is 4.47. The van der Waals surface area contributed by atoms with Crippen LogP contribution in [0.5, 0.6) is 0 Å². The van der Waals surface area contributed by atoms with Crippen LogP contribution in [0.15, 0.2) is 12.1 Å². The van der Waals surface area contributed by atoms with Gasteiger partial charge in [0.1, 0.15) is 11.4 Å². The largest absolute Gasteiger partial charge is 0.444 e. The molecule has 0 spiro atoms. The van der Waals surface area contributed by atoms with E-state index >= 15 is 0 Å². The number of nitrogens with one attached hydrogen (secondary N) is 1. The SMILES string of the molecule is CC(C)(C)OC(=O)NCC#Cc1ccc(N)nc1C(F)(F)F. The number of alkyl carbamates (subject to hydrolysis) is 1. The van der Waals surface area contributed by atoms with Crippen LogP contribution in [0.3, 0.4) is 0 Å². The van der Waals surface area contributed by atoms with Gasteiger partial charge in [0, 0.05) is 0 Å². The third-order valence-electron chi connectivity index (χ3n) is 2.13. The average molecular weight is 315 g/mol. The van der Waals surface area contributed by atoms with E-state index in [0.717, 1.165) is 6.07 Å². The molecule has 22 heavy (non-hydrogen) atoms. The Hall–Kier alpha value is -2.43. The molecule has 1 amide bonds. The summed E-state index contributed by atoms with van der Waals surface area (Å²) >= 11 is 0. The number of alkyl halides is 3. The molecule has 0 aliphatic heterocycles. The van der Waals surface area contributed by atoms with Crippen molar-refractivity contribution >= 4 is 11.9 Å². The molecule has 1 rings (SSSR count). The lowest BCUT2D eigenvalue weighted by molar-refractivity contribution is -0.141. The molecule has 1 aromatic heterocycles. The first-order valence-corrected chi connectivity index (χ1v) is 6.28. The minimum Gasteiger partial charge on any atom is -0.444 e. The summed E-state index contributed by atoms with van der Waals surface area (Å²) < 4.78 is 43.3. The maximum atomic E-state index is 12.8. The smallest absolute Gasteiger partial charge is 0.434 e. The standard InChI is InChI=1S/C14H16F3N3O2/c1-13(2,3)22-12(21)19-8-4-5-9-6-7-10(18)20-11(9)14(15,16)17/h6-7H,8H2,1-3H3,(H2,18,20)(H,19,21). The minimum absolute atomic E-state index is 0.156. The van der Waals surface area contributed by atoms with Gasteiger partial charge in [0.05, 0.1) is 12.1 Å². The zero-order chi connectivity index (χ0) is 17.0. The Morgan fingerprint density at radius 3 is 2.55 bits per heavy atom. The number of hydrogen-bond acceptors (Lipinski definition) is 4. The monoisotopic (exact) mass is 315 g/mol. The summed E-state index contributed by atoms with van der Waals surface area (Å²) in [6.07, 6.45) is -5.36. The fourth-order valence-electron chi connectivity index (χ4n) is 1.36. The number of ether oxygens (including phenoxy) is 1. The highest BCUT2D eigenvalue weighted by atomic mass is 19.4. The zero-order valence-corrected chi connectivity index (χ0v) is 12.3. The average Bonchev–Trinajstić information content (AvgIpc) is 2.32. The van der Waals surface area contributed by atoms with Crippen molar-refractivity contribution in [2.24, 2.45) is 0 Å². The molecule has 1 heterocycles. The van der Waals surface area contributed by atoms with E-state index in [1.165, 1.54) is 6.07 Å². The summed E-state index contributed by atoms with van der Waals surface area (Å²) in [7, 11) is 0. The van der Waals surface area contributed by atoms with Crippen LogP contribution in [0.4, 0.5) is 23.8 Å². The minimum atomic E-state index is -4.65. The maximum Gasteiger partial charge on any atom is 0.434 e. The molecule has 0 aromatic carbocycles. The number of anilines is 1. The summed E-state index contributed by atoms with van der Waals surface area (Å²) in [5, 5.41) is 2.32. The number of carbonyl (C=O) groups is 1. The molecule has 0 radical (unpaired) electrons. The number of amides is 1. The quantitative estimate of drug-likeness (QED) is 0.781. The Kier molecular flexibility index (Phi) is 5.25. The molecule has 0 atom stereocenters. The van der Waals surface area contributed by atoms with E-state index in [9.17, 15) is 18.0 Å². The van der Waals surface area contributed by atoms with Gasteiger partial charge < -0.3 is 15.8 Å². The van der Waals surface area contributed by atoms with Gasteiger partial charge in [-0.3, -0.25) is 0 Å². The zero-order valence-electron chi connectivity index (χ0n) is 12.3. The number of nitrogens with zero attached hydrogens (tertiary/aromatic N) is 1. The molecule has 0 fully saturated rings. The Bertz CT molecular complexity index is 610. The molecule has 3 N–H and O–H groups in total. The third-order valence-corrected chi connectivity index (χ3v) is 2.13. The summed E-state index contributed by atoms with van der Waals surface area (Å²) in [5.41, 5.74) is 3.11. The van der Waals surface area contributed by atoms with Gasteiger partial charge >= 0.3 is 12.3 Å². The molecule has 0 saturated carbocycles. The normalized spacial score (nSPS) is 11.4. The Labute approximate surface area is 126 Å². The van der Waals surface area contributed by atoms with Gasteiger partial charge in [-0.1, -0.05) is 11.8 Å². The fraction of sp³-hybridized carbons (Fsp3) is 0.429. The third kappa shape index (κ3) is 5.91. The van der Waals surface area contributed by atoms with Crippen LogP contribution in [0.1, 0.15) is 32.0 Å². The molecule has 0 unspecified atom stereocenters. The number of aromatic nitrogens is 1. The molecule has 8 heteroatoms. The van der Waals surface area contributed by atoms with Crippen molar-refractivity contribution in [3.63, 3.8) is 0 Å². The second kappa shape index (κ2) is 6.56. The van der Waals surface area contributed by atoms with Gasteiger partial charge in [-0.2, -0.15) is 13.2 Å². The maximum absolute atomic E-state index is 12.8. The molecule has 0 saturated heterocycles. The number of pyridine rings is 1. The van der Waals surface area contributed by atoms with Gasteiger partial charge in [0.15, 0.2) is 5.69 Å². The first-order chi connectivity index (χ1) is 9.99. The molecule has 1 aromatic rings. The Morgan fingerprint density at radius 1 is 1.36 bits per heavy atom. The lowest BCUT2D eigenvalue weighted by atomic mass is 10.2. The van der Waals surface area contributed by atoms with Crippen molar-refractivity contribution in [1.82, 2.24) is 10.3 Å². The van der Waals surface area contributed by atoms with Crippen molar-refractivity contribution in [3.8, 4) is 11.8 Å². The fourth-order valence-corrected chi connectivity index (χ4v) is 1.36. The lowest BCUT2D eigenvalue weighted by Gasteiger charge is -2.19. The number of nitrogen functional groups attached to an aromatic ring is 1. The number of nitrogens with two attached hydrogens (primary N) is 1. The number of hydrogen-bond donors (Lipinski definition) is 2. The second-order valence-corrected chi connectivity index (χ2v) is 5.29. The summed E-state index contributed by atoms with van der Waals surface area (Å²) in [6.45, 7) is 4.91. The number of carbonyl (C=O) groups excluding carboxylic acids is 1. The molecule has 0 aliphatic rings. The first-order valence-electron chi connectivity index (χ1n) is 6.28. The number of halogens is 3. The van der Waals surface area contributed by atoms with Crippen LogP contribution in [0.25, 0.3) is 0 Å². The van der Waals surface area contributed by atoms with Crippen LogP contribution in [0.2, 0.25) is 0 Å². The van der Waals surface area contributed by atoms with E-state index in [1.54, 1.807) is 20.8 Å². The Morgan fingerprint density at radius 2 is 2.00 bits per heavy atom.